The molecule has 0 amide bonds. The fraction of sp³-hybridized carbons (Fsp3) is 0.263. The summed E-state index contributed by atoms with van der Waals surface area (Å²) in [4.78, 5) is 0. The molecule has 0 saturated heterocycles. The predicted molar refractivity (Wildman–Crippen MR) is 89.0 cm³/mol. The molecule has 0 fully saturated rings. The highest BCUT2D eigenvalue weighted by Gasteiger charge is 2.18. The molecule has 102 valence electrons. The molecule has 0 aliphatic heterocycles. The van der Waals surface area contributed by atoms with Crippen LogP contribution in [-0.2, 0) is 0 Å². The number of rotatable bonds is 0. The number of fused-ring (bicyclic) bond motifs is 3. The second kappa shape index (κ2) is 4.32. The van der Waals surface area contributed by atoms with E-state index in [-0.39, 0.29) is 11.0 Å². The summed E-state index contributed by atoms with van der Waals surface area (Å²) in [5, 5.41) is 0. The summed E-state index contributed by atoms with van der Waals surface area (Å²) < 4.78 is 0. The Bertz CT molecular complexity index is 608. The lowest BCUT2D eigenvalue weighted by atomic mass is 9.93. The van der Waals surface area contributed by atoms with Crippen LogP contribution >= 0.6 is 0 Å². The van der Waals surface area contributed by atoms with Crippen LogP contribution in [0.15, 0.2) is 36.4 Å². The van der Waals surface area contributed by atoms with Gasteiger partial charge in [-0.25, -0.2) is 0 Å². The SMILES string of the molecule is CC1(C)C=Cc2ccc3c(c2C=C1)C=CC(C)(N)C=C3. The van der Waals surface area contributed by atoms with Gasteiger partial charge in [-0.3, -0.25) is 0 Å². The normalized spacial score (nSPS) is 25.8. The van der Waals surface area contributed by atoms with Crippen molar-refractivity contribution in [1.29, 1.82) is 0 Å². The van der Waals surface area contributed by atoms with Crippen molar-refractivity contribution >= 4 is 24.3 Å². The third-order valence-electron chi connectivity index (χ3n) is 3.96. The van der Waals surface area contributed by atoms with Gasteiger partial charge in [0.25, 0.3) is 0 Å². The standard InChI is InChI=1S/C19H21N/c1-18(2)10-6-14-4-5-15-7-12-19(3,20)13-9-17(15)16(14)8-11-18/h4-13H,20H2,1-3H3. The molecule has 3 rings (SSSR count). The van der Waals surface area contributed by atoms with Crippen molar-refractivity contribution in [2.75, 3.05) is 0 Å². The lowest BCUT2D eigenvalue weighted by Crippen LogP contribution is -2.29. The molecule has 1 unspecified atom stereocenters. The Morgan fingerprint density at radius 3 is 1.80 bits per heavy atom. The third kappa shape index (κ3) is 2.41. The molecular formula is C19H21N. The molecule has 0 radical (unpaired) electrons. The maximum Gasteiger partial charge on any atom is 0.0502 e. The summed E-state index contributed by atoms with van der Waals surface area (Å²) in [6, 6.07) is 4.36. The minimum Gasteiger partial charge on any atom is -0.319 e. The number of hydrogen-bond acceptors (Lipinski definition) is 1. The van der Waals surface area contributed by atoms with Crippen molar-refractivity contribution in [3.05, 3.63) is 58.7 Å². The molecule has 1 aromatic carbocycles. The first-order valence-corrected chi connectivity index (χ1v) is 7.09. The molecule has 1 heteroatoms. The van der Waals surface area contributed by atoms with Crippen LogP contribution in [0.1, 0.15) is 43.0 Å². The molecule has 0 aromatic heterocycles. The smallest absolute Gasteiger partial charge is 0.0502 e. The number of benzene rings is 1. The quantitative estimate of drug-likeness (QED) is 0.732. The number of allylic oxidation sites excluding steroid dienone is 2. The first-order chi connectivity index (χ1) is 9.36. The fourth-order valence-corrected chi connectivity index (χ4v) is 2.58. The van der Waals surface area contributed by atoms with Gasteiger partial charge in [0, 0.05) is 5.41 Å². The Labute approximate surface area is 121 Å². The monoisotopic (exact) mass is 263 g/mol. The topological polar surface area (TPSA) is 26.0 Å². The Hall–Kier alpha value is -1.86. The second-order valence-electron chi connectivity index (χ2n) is 6.59. The van der Waals surface area contributed by atoms with Gasteiger partial charge in [0.1, 0.15) is 0 Å². The van der Waals surface area contributed by atoms with E-state index in [4.69, 9.17) is 5.73 Å². The van der Waals surface area contributed by atoms with E-state index in [1.54, 1.807) is 0 Å². The van der Waals surface area contributed by atoms with E-state index in [1.807, 2.05) is 6.92 Å². The van der Waals surface area contributed by atoms with Gasteiger partial charge in [0.15, 0.2) is 0 Å². The molecule has 0 saturated carbocycles. The molecule has 20 heavy (non-hydrogen) atoms. The third-order valence-corrected chi connectivity index (χ3v) is 3.96. The summed E-state index contributed by atoms with van der Waals surface area (Å²) in [6.07, 6.45) is 17.4. The van der Waals surface area contributed by atoms with E-state index in [1.165, 1.54) is 22.3 Å². The van der Waals surface area contributed by atoms with Gasteiger partial charge in [-0.15, -0.1) is 0 Å². The summed E-state index contributed by atoms with van der Waals surface area (Å²) in [5.74, 6) is 0. The van der Waals surface area contributed by atoms with Crippen LogP contribution in [0.3, 0.4) is 0 Å². The Morgan fingerprint density at radius 1 is 0.700 bits per heavy atom. The second-order valence-corrected chi connectivity index (χ2v) is 6.59. The summed E-state index contributed by atoms with van der Waals surface area (Å²) >= 11 is 0. The van der Waals surface area contributed by atoms with Crippen molar-refractivity contribution in [3.8, 4) is 0 Å². The van der Waals surface area contributed by atoms with Crippen LogP contribution in [0.25, 0.3) is 24.3 Å². The average Bonchev–Trinajstić information content (AvgIpc) is 2.63. The van der Waals surface area contributed by atoms with Crippen LogP contribution < -0.4 is 5.73 Å². The Kier molecular flexibility index (Phi) is 2.84. The Balaban J connectivity index is 2.21. The van der Waals surface area contributed by atoms with E-state index >= 15 is 0 Å². The average molecular weight is 263 g/mol. The van der Waals surface area contributed by atoms with E-state index in [0.717, 1.165) is 0 Å². The maximum absolute atomic E-state index is 6.20. The highest BCUT2D eigenvalue weighted by atomic mass is 14.7. The highest BCUT2D eigenvalue weighted by molar-refractivity contribution is 5.82. The van der Waals surface area contributed by atoms with Crippen molar-refractivity contribution in [2.24, 2.45) is 11.1 Å². The van der Waals surface area contributed by atoms with Gasteiger partial charge in [0.2, 0.25) is 0 Å². The first-order valence-electron chi connectivity index (χ1n) is 7.09. The van der Waals surface area contributed by atoms with Gasteiger partial charge < -0.3 is 5.73 Å². The van der Waals surface area contributed by atoms with Crippen molar-refractivity contribution in [2.45, 2.75) is 26.3 Å². The molecule has 0 spiro atoms. The van der Waals surface area contributed by atoms with E-state index < -0.39 is 0 Å². The molecule has 1 nitrogen and oxygen atoms in total. The first kappa shape index (κ1) is 13.1. The minimum atomic E-state index is -0.380. The van der Waals surface area contributed by atoms with Crippen molar-refractivity contribution in [3.63, 3.8) is 0 Å². The Morgan fingerprint density at radius 2 is 1.15 bits per heavy atom. The zero-order valence-electron chi connectivity index (χ0n) is 12.4. The molecule has 1 aromatic rings. The van der Waals surface area contributed by atoms with Crippen molar-refractivity contribution < 1.29 is 0 Å². The zero-order chi connectivity index (χ0) is 14.4. The molecule has 2 aliphatic carbocycles. The van der Waals surface area contributed by atoms with Crippen LogP contribution in [0.2, 0.25) is 0 Å². The predicted octanol–water partition coefficient (Wildman–Crippen LogP) is 4.51. The highest BCUT2D eigenvalue weighted by Crippen LogP contribution is 2.33. The van der Waals surface area contributed by atoms with E-state index in [9.17, 15) is 0 Å². The molecular weight excluding hydrogens is 242 g/mol. The number of nitrogens with two attached hydrogens (primary N) is 1. The van der Waals surface area contributed by atoms with Crippen molar-refractivity contribution in [1.82, 2.24) is 0 Å². The van der Waals surface area contributed by atoms with Gasteiger partial charge in [-0.1, -0.05) is 74.6 Å². The maximum atomic E-state index is 6.20. The van der Waals surface area contributed by atoms with Crippen LogP contribution in [0.5, 0.6) is 0 Å². The van der Waals surface area contributed by atoms with E-state index in [0.29, 0.717) is 0 Å². The van der Waals surface area contributed by atoms with E-state index in [2.05, 4.69) is 74.6 Å². The summed E-state index contributed by atoms with van der Waals surface area (Å²) in [7, 11) is 0. The van der Waals surface area contributed by atoms with Crippen LogP contribution in [0.4, 0.5) is 0 Å². The van der Waals surface area contributed by atoms with Gasteiger partial charge >= 0.3 is 0 Å². The largest absolute Gasteiger partial charge is 0.319 e. The zero-order valence-corrected chi connectivity index (χ0v) is 12.4. The van der Waals surface area contributed by atoms with Gasteiger partial charge in [-0.05, 0) is 29.2 Å². The van der Waals surface area contributed by atoms with Crippen LogP contribution in [0, 0.1) is 5.41 Å². The lowest BCUT2D eigenvalue weighted by molar-refractivity contribution is 0.633. The lowest BCUT2D eigenvalue weighted by Gasteiger charge is -2.12. The molecule has 2 aliphatic rings. The van der Waals surface area contributed by atoms with Gasteiger partial charge in [0.05, 0.1) is 5.54 Å². The number of hydrogen-bond donors (Lipinski definition) is 1. The minimum absolute atomic E-state index is 0.0958. The molecule has 1 atom stereocenters. The fourth-order valence-electron chi connectivity index (χ4n) is 2.58. The molecule has 2 N–H and O–H groups in total. The molecule has 0 heterocycles. The summed E-state index contributed by atoms with van der Waals surface area (Å²) in [6.45, 7) is 6.46. The van der Waals surface area contributed by atoms with Gasteiger partial charge in [-0.2, -0.15) is 0 Å². The molecule has 0 bridgehead atoms. The summed E-state index contributed by atoms with van der Waals surface area (Å²) in [5.41, 5.74) is 11.0. The van der Waals surface area contributed by atoms with Crippen LogP contribution in [-0.4, -0.2) is 5.54 Å².